The van der Waals surface area contributed by atoms with E-state index in [0.29, 0.717) is 12.1 Å². The van der Waals surface area contributed by atoms with Crippen LogP contribution in [0.1, 0.15) is 0 Å². The Kier molecular flexibility index (Phi) is 3.57. The van der Waals surface area contributed by atoms with Crippen LogP contribution >= 0.6 is 0 Å². The Labute approximate surface area is 124 Å². The fourth-order valence-corrected chi connectivity index (χ4v) is 1.91. The average Bonchev–Trinajstić information content (AvgIpc) is 2.50. The number of carbonyl (C=O) groups is 2. The lowest BCUT2D eigenvalue weighted by atomic mass is 10.3. The number of fused-ring (bicyclic) bond motifs is 1. The average molecular weight is 303 g/mol. The molecule has 7 nitrogen and oxygen atoms in total. The number of amides is 2. The van der Waals surface area contributed by atoms with Gasteiger partial charge in [-0.15, -0.1) is 0 Å². The van der Waals surface area contributed by atoms with E-state index in [0.717, 1.165) is 6.07 Å². The van der Waals surface area contributed by atoms with Crippen LogP contribution < -0.4 is 20.1 Å². The first-order valence-corrected chi connectivity index (χ1v) is 6.26. The molecule has 0 spiro atoms. The van der Waals surface area contributed by atoms with Crippen LogP contribution in [0, 0.1) is 5.82 Å². The Balaban J connectivity index is 1.89. The van der Waals surface area contributed by atoms with Crippen LogP contribution in [0.2, 0.25) is 0 Å². The van der Waals surface area contributed by atoms with E-state index >= 15 is 0 Å². The van der Waals surface area contributed by atoms with Crippen molar-refractivity contribution in [1.82, 2.24) is 4.98 Å². The van der Waals surface area contributed by atoms with Crippen molar-refractivity contribution in [1.29, 1.82) is 0 Å². The highest BCUT2D eigenvalue weighted by Gasteiger charge is 2.22. The summed E-state index contributed by atoms with van der Waals surface area (Å²) in [5.74, 6) is -0.361. The maximum atomic E-state index is 13.9. The van der Waals surface area contributed by atoms with E-state index in [1.54, 1.807) is 0 Å². The van der Waals surface area contributed by atoms with Crippen molar-refractivity contribution in [3.05, 3.63) is 36.3 Å². The summed E-state index contributed by atoms with van der Waals surface area (Å²) in [7, 11) is 0. The van der Waals surface area contributed by atoms with Crippen molar-refractivity contribution in [2.45, 2.75) is 0 Å². The maximum absolute atomic E-state index is 13.9. The van der Waals surface area contributed by atoms with Gasteiger partial charge < -0.3 is 20.1 Å². The zero-order valence-corrected chi connectivity index (χ0v) is 11.1. The highest BCUT2D eigenvalue weighted by atomic mass is 19.1. The van der Waals surface area contributed by atoms with E-state index in [9.17, 15) is 14.0 Å². The number of halogens is 1. The summed E-state index contributed by atoms with van der Waals surface area (Å²) in [4.78, 5) is 25.5. The zero-order chi connectivity index (χ0) is 15.5. The standard InChI is InChI=1S/C14H10FN3O4/c15-9-5-8(17-7-19)1-2-10(9)22-11-3-4-16-14-13(11)21-6-12(20)18-14/h1-5,7H,6H2,(H,17,19)(H,16,18,20). The van der Waals surface area contributed by atoms with Crippen LogP contribution in [0.5, 0.6) is 17.2 Å². The smallest absolute Gasteiger partial charge is 0.263 e. The normalized spacial score (nSPS) is 12.7. The topological polar surface area (TPSA) is 89.6 Å². The fraction of sp³-hybridized carbons (Fsp3) is 0.0714. The van der Waals surface area contributed by atoms with Gasteiger partial charge >= 0.3 is 0 Å². The Morgan fingerprint density at radius 2 is 2.23 bits per heavy atom. The zero-order valence-electron chi connectivity index (χ0n) is 11.1. The minimum Gasteiger partial charge on any atom is -0.476 e. The molecule has 0 saturated heterocycles. The number of ether oxygens (including phenoxy) is 2. The van der Waals surface area contributed by atoms with Gasteiger partial charge in [0.2, 0.25) is 12.2 Å². The predicted molar refractivity (Wildman–Crippen MR) is 74.5 cm³/mol. The lowest BCUT2D eigenvalue weighted by Gasteiger charge is -2.19. The van der Waals surface area contributed by atoms with Gasteiger partial charge in [0.15, 0.2) is 29.7 Å². The highest BCUT2D eigenvalue weighted by molar-refractivity contribution is 5.94. The van der Waals surface area contributed by atoms with Gasteiger partial charge in [-0.25, -0.2) is 9.37 Å². The first-order chi connectivity index (χ1) is 10.7. The number of anilines is 2. The van der Waals surface area contributed by atoms with Crippen molar-refractivity contribution in [3.8, 4) is 17.2 Å². The number of nitrogens with zero attached hydrogens (tertiary/aromatic N) is 1. The van der Waals surface area contributed by atoms with Crippen LogP contribution in [0.15, 0.2) is 30.5 Å². The molecule has 112 valence electrons. The lowest BCUT2D eigenvalue weighted by Crippen LogP contribution is -2.26. The van der Waals surface area contributed by atoms with E-state index in [1.165, 1.54) is 24.4 Å². The van der Waals surface area contributed by atoms with Gasteiger partial charge in [0.05, 0.1) is 0 Å². The van der Waals surface area contributed by atoms with E-state index in [2.05, 4.69) is 15.6 Å². The van der Waals surface area contributed by atoms with E-state index in [4.69, 9.17) is 9.47 Å². The number of hydrogen-bond donors (Lipinski definition) is 2. The summed E-state index contributed by atoms with van der Waals surface area (Å²) in [5.41, 5.74) is 0.306. The molecule has 0 atom stereocenters. The number of carbonyl (C=O) groups excluding carboxylic acids is 2. The molecule has 8 heteroatoms. The third-order valence-corrected chi connectivity index (χ3v) is 2.85. The summed E-state index contributed by atoms with van der Waals surface area (Å²) in [5, 5.41) is 4.86. The first kappa shape index (κ1) is 13.8. The molecule has 0 saturated carbocycles. The minimum absolute atomic E-state index is 0.0506. The Hall–Kier alpha value is -3.16. The molecule has 0 fully saturated rings. The molecule has 2 aromatic rings. The molecule has 1 aromatic heterocycles. The van der Waals surface area contributed by atoms with Crippen LogP contribution in [0.4, 0.5) is 15.9 Å². The molecular formula is C14H10FN3O4. The van der Waals surface area contributed by atoms with Gasteiger partial charge in [0.25, 0.3) is 5.91 Å². The molecule has 22 heavy (non-hydrogen) atoms. The van der Waals surface area contributed by atoms with Gasteiger partial charge in [-0.1, -0.05) is 0 Å². The summed E-state index contributed by atoms with van der Waals surface area (Å²) >= 11 is 0. The van der Waals surface area contributed by atoms with Crippen molar-refractivity contribution in [3.63, 3.8) is 0 Å². The third kappa shape index (κ3) is 2.66. The third-order valence-electron chi connectivity index (χ3n) is 2.85. The first-order valence-electron chi connectivity index (χ1n) is 6.26. The number of hydrogen-bond acceptors (Lipinski definition) is 5. The Morgan fingerprint density at radius 1 is 1.36 bits per heavy atom. The molecule has 3 rings (SSSR count). The second-order valence-corrected chi connectivity index (χ2v) is 4.33. The maximum Gasteiger partial charge on any atom is 0.263 e. The van der Waals surface area contributed by atoms with E-state index in [-0.39, 0.29) is 35.6 Å². The van der Waals surface area contributed by atoms with Crippen LogP contribution in [-0.2, 0) is 9.59 Å². The summed E-state index contributed by atoms with van der Waals surface area (Å²) in [6.07, 6.45) is 1.86. The molecule has 0 unspecified atom stereocenters. The number of nitrogens with one attached hydrogen (secondary N) is 2. The molecule has 0 aliphatic carbocycles. The summed E-state index contributed by atoms with van der Waals surface area (Å²) in [6, 6.07) is 5.48. The Bertz CT molecular complexity index is 751. The van der Waals surface area contributed by atoms with Crippen molar-refractivity contribution < 1.29 is 23.5 Å². The second-order valence-electron chi connectivity index (χ2n) is 4.33. The molecule has 1 aliphatic heterocycles. The summed E-state index contributed by atoms with van der Waals surface area (Å²) in [6.45, 7) is -0.167. The number of rotatable bonds is 4. The van der Waals surface area contributed by atoms with Crippen LogP contribution in [-0.4, -0.2) is 23.9 Å². The lowest BCUT2D eigenvalue weighted by molar-refractivity contribution is -0.118. The van der Waals surface area contributed by atoms with Gasteiger partial charge in [-0.05, 0) is 12.1 Å². The molecule has 2 heterocycles. The van der Waals surface area contributed by atoms with Crippen molar-refractivity contribution >= 4 is 23.8 Å². The molecule has 0 radical (unpaired) electrons. The molecule has 2 amide bonds. The SMILES string of the molecule is O=CNc1ccc(Oc2ccnc3c2OCC(=O)N3)c(F)c1. The monoisotopic (exact) mass is 303 g/mol. The molecule has 2 N–H and O–H groups in total. The van der Waals surface area contributed by atoms with Crippen molar-refractivity contribution in [2.75, 3.05) is 17.2 Å². The van der Waals surface area contributed by atoms with Gasteiger partial charge in [0, 0.05) is 24.0 Å². The molecule has 0 bridgehead atoms. The molecular weight excluding hydrogens is 293 g/mol. The molecule has 1 aromatic carbocycles. The van der Waals surface area contributed by atoms with Gasteiger partial charge in [-0.2, -0.15) is 0 Å². The largest absolute Gasteiger partial charge is 0.476 e. The number of pyridine rings is 1. The predicted octanol–water partition coefficient (Wildman–Crippen LogP) is 1.91. The second kappa shape index (κ2) is 5.68. The van der Waals surface area contributed by atoms with E-state index < -0.39 is 5.82 Å². The van der Waals surface area contributed by atoms with E-state index in [1.807, 2.05) is 0 Å². The highest BCUT2D eigenvalue weighted by Crippen LogP contribution is 2.38. The fourth-order valence-electron chi connectivity index (χ4n) is 1.91. The Morgan fingerprint density at radius 3 is 3.00 bits per heavy atom. The van der Waals surface area contributed by atoms with Gasteiger partial charge in [-0.3, -0.25) is 9.59 Å². The summed E-state index contributed by atoms with van der Waals surface area (Å²) < 4.78 is 24.7. The van der Waals surface area contributed by atoms with Crippen LogP contribution in [0.3, 0.4) is 0 Å². The molecule has 1 aliphatic rings. The van der Waals surface area contributed by atoms with Crippen molar-refractivity contribution in [2.24, 2.45) is 0 Å². The quantitative estimate of drug-likeness (QED) is 0.842. The van der Waals surface area contributed by atoms with Crippen LogP contribution in [0.25, 0.3) is 0 Å². The van der Waals surface area contributed by atoms with Gasteiger partial charge in [0.1, 0.15) is 0 Å². The minimum atomic E-state index is -0.655. The number of aromatic nitrogens is 1. The number of benzene rings is 1.